The molecular formula is C51H44N2O2. The molecule has 0 N–H and O–H groups in total. The van der Waals surface area contributed by atoms with Gasteiger partial charge in [0.25, 0.3) is 0 Å². The van der Waals surface area contributed by atoms with Gasteiger partial charge in [0.15, 0.2) is 0 Å². The molecule has 0 heterocycles. The third-order valence-electron chi connectivity index (χ3n) is 10.1. The van der Waals surface area contributed by atoms with Gasteiger partial charge in [0.2, 0.25) is 0 Å². The molecule has 7 aromatic carbocycles. The summed E-state index contributed by atoms with van der Waals surface area (Å²) in [6, 6.07) is 63.4. The summed E-state index contributed by atoms with van der Waals surface area (Å²) in [6.07, 6.45) is 7.35. The van der Waals surface area contributed by atoms with Crippen molar-refractivity contribution in [2.24, 2.45) is 0 Å². The van der Waals surface area contributed by atoms with Crippen LogP contribution in [0.5, 0.6) is 17.2 Å². The number of hydrogen-bond acceptors (Lipinski definition) is 4. The van der Waals surface area contributed by atoms with Crippen LogP contribution in [-0.4, -0.2) is 5.54 Å². The summed E-state index contributed by atoms with van der Waals surface area (Å²) in [5, 5.41) is 0. The van der Waals surface area contributed by atoms with Crippen molar-refractivity contribution in [1.82, 2.24) is 0 Å². The van der Waals surface area contributed by atoms with Crippen LogP contribution in [0.3, 0.4) is 0 Å². The summed E-state index contributed by atoms with van der Waals surface area (Å²) in [6.45, 7) is 6.44. The van der Waals surface area contributed by atoms with Gasteiger partial charge in [-0.3, -0.25) is 0 Å². The van der Waals surface area contributed by atoms with Gasteiger partial charge in [-0.1, -0.05) is 102 Å². The van der Waals surface area contributed by atoms with Crippen LogP contribution in [0.2, 0.25) is 0 Å². The van der Waals surface area contributed by atoms with Gasteiger partial charge >= 0.3 is 0 Å². The van der Waals surface area contributed by atoms with Crippen molar-refractivity contribution in [2.75, 3.05) is 9.80 Å². The van der Waals surface area contributed by atoms with Crippen LogP contribution in [0.25, 0.3) is 11.1 Å². The second-order valence-corrected chi connectivity index (χ2v) is 14.3. The van der Waals surface area contributed by atoms with Crippen molar-refractivity contribution in [3.8, 4) is 28.4 Å². The molecular weight excluding hydrogens is 673 g/mol. The van der Waals surface area contributed by atoms with Gasteiger partial charge in [0, 0.05) is 28.4 Å². The van der Waals surface area contributed by atoms with Crippen molar-refractivity contribution in [3.63, 3.8) is 0 Å². The first kappa shape index (κ1) is 35.3. The van der Waals surface area contributed by atoms with E-state index in [4.69, 9.17) is 9.47 Å². The van der Waals surface area contributed by atoms with Crippen LogP contribution in [0.15, 0.2) is 206 Å². The molecule has 1 atom stereocenters. The van der Waals surface area contributed by atoms with Crippen LogP contribution in [-0.2, 0) is 0 Å². The van der Waals surface area contributed by atoms with E-state index < -0.39 is 0 Å². The van der Waals surface area contributed by atoms with E-state index in [1.807, 2.05) is 42.5 Å². The normalized spacial score (nSPS) is 14.9. The molecule has 1 unspecified atom stereocenters. The highest BCUT2D eigenvalue weighted by atomic mass is 16.5. The standard InChI is InChI=1S/C51H44N2O2/c1-38-14-28-47(29-15-38)54-49-32-26-44(27-33-49)52(42-10-6-4-7-11-42)43-22-18-40(19-23-43)41-20-24-46(25-21-41)53(45-12-8-5-9-13-45)51(3)36-34-50(35-37-51)55-48-30-16-39(2)17-31-48/h4-36H,37H2,1-3H3. The van der Waals surface area contributed by atoms with E-state index in [0.29, 0.717) is 0 Å². The molecule has 7 aromatic rings. The minimum atomic E-state index is -0.295. The lowest BCUT2D eigenvalue weighted by molar-refractivity contribution is 0.428. The summed E-state index contributed by atoms with van der Waals surface area (Å²) in [5.41, 5.74) is 9.91. The van der Waals surface area contributed by atoms with Gasteiger partial charge in [-0.2, -0.15) is 0 Å². The van der Waals surface area contributed by atoms with Gasteiger partial charge < -0.3 is 19.3 Å². The van der Waals surface area contributed by atoms with Gasteiger partial charge in [0.05, 0.1) is 5.54 Å². The van der Waals surface area contributed by atoms with Gasteiger partial charge in [-0.05, 0) is 148 Å². The molecule has 55 heavy (non-hydrogen) atoms. The number of benzene rings is 7. The van der Waals surface area contributed by atoms with Crippen molar-refractivity contribution in [1.29, 1.82) is 0 Å². The first-order chi connectivity index (χ1) is 26.9. The second kappa shape index (κ2) is 15.7. The lowest BCUT2D eigenvalue weighted by Gasteiger charge is -2.42. The fourth-order valence-corrected chi connectivity index (χ4v) is 7.04. The predicted octanol–water partition coefficient (Wildman–Crippen LogP) is 14.1. The SMILES string of the molecule is Cc1ccc(OC2=CCC(C)(N(c3ccccc3)c3ccc(-c4ccc(N(c5ccccc5)c5ccc(Oc6ccc(C)cc6)cc5)cc4)cc3)C=C2)cc1. The van der Waals surface area contributed by atoms with Crippen molar-refractivity contribution in [2.45, 2.75) is 32.7 Å². The van der Waals surface area contributed by atoms with Crippen molar-refractivity contribution >= 4 is 28.4 Å². The van der Waals surface area contributed by atoms with Gasteiger partial charge in [-0.25, -0.2) is 0 Å². The van der Waals surface area contributed by atoms with Crippen LogP contribution in [0.1, 0.15) is 24.5 Å². The quantitative estimate of drug-likeness (QED) is 0.133. The van der Waals surface area contributed by atoms with Crippen LogP contribution < -0.4 is 19.3 Å². The number of rotatable bonds is 11. The van der Waals surface area contributed by atoms with E-state index >= 15 is 0 Å². The Kier molecular flexibility index (Phi) is 10.0. The number of hydrogen-bond donors (Lipinski definition) is 0. The van der Waals surface area contributed by atoms with Gasteiger partial charge in [0.1, 0.15) is 23.0 Å². The van der Waals surface area contributed by atoms with Crippen LogP contribution >= 0.6 is 0 Å². The highest BCUT2D eigenvalue weighted by Gasteiger charge is 2.32. The summed E-state index contributed by atoms with van der Waals surface area (Å²) in [7, 11) is 0. The molecule has 270 valence electrons. The zero-order valence-electron chi connectivity index (χ0n) is 31.5. The average Bonchev–Trinajstić information content (AvgIpc) is 3.23. The Labute approximate surface area is 324 Å². The molecule has 4 heteroatoms. The number of nitrogens with zero attached hydrogens (tertiary/aromatic N) is 2. The predicted molar refractivity (Wildman–Crippen MR) is 228 cm³/mol. The maximum absolute atomic E-state index is 6.21. The maximum Gasteiger partial charge on any atom is 0.127 e. The molecule has 1 aliphatic rings. The smallest absolute Gasteiger partial charge is 0.127 e. The third kappa shape index (κ3) is 8.09. The Morgan fingerprint density at radius 3 is 1.33 bits per heavy atom. The van der Waals surface area contributed by atoms with E-state index in [1.54, 1.807) is 0 Å². The molecule has 0 radical (unpaired) electrons. The molecule has 0 spiro atoms. The summed E-state index contributed by atoms with van der Waals surface area (Å²) in [5.74, 6) is 3.33. The Balaban J connectivity index is 1.03. The Morgan fingerprint density at radius 1 is 0.436 bits per heavy atom. The Hall–Kier alpha value is -6.78. The average molecular weight is 717 g/mol. The fourth-order valence-electron chi connectivity index (χ4n) is 7.04. The molecule has 0 saturated carbocycles. The number of allylic oxidation sites excluding steroid dienone is 1. The lowest BCUT2D eigenvalue weighted by Crippen LogP contribution is -2.42. The Morgan fingerprint density at radius 2 is 0.836 bits per heavy atom. The zero-order valence-corrected chi connectivity index (χ0v) is 31.5. The molecule has 8 rings (SSSR count). The molecule has 4 nitrogen and oxygen atoms in total. The largest absolute Gasteiger partial charge is 0.458 e. The molecule has 0 aromatic heterocycles. The minimum Gasteiger partial charge on any atom is -0.458 e. The second-order valence-electron chi connectivity index (χ2n) is 14.3. The molecule has 0 aliphatic heterocycles. The Bertz CT molecular complexity index is 2390. The molecule has 1 aliphatic carbocycles. The van der Waals surface area contributed by atoms with Crippen molar-refractivity contribution < 1.29 is 9.47 Å². The number of aryl methyl sites for hydroxylation is 2. The highest BCUT2D eigenvalue weighted by Crippen LogP contribution is 2.41. The first-order valence-electron chi connectivity index (χ1n) is 18.8. The number of anilines is 5. The van der Waals surface area contributed by atoms with Crippen molar-refractivity contribution in [3.05, 3.63) is 217 Å². The monoisotopic (exact) mass is 716 g/mol. The maximum atomic E-state index is 6.21. The fraction of sp³-hybridized carbons (Fsp3) is 0.0980. The van der Waals surface area contributed by atoms with E-state index in [2.05, 4.69) is 188 Å². The van der Waals surface area contributed by atoms with E-state index in [9.17, 15) is 0 Å². The molecule has 0 fully saturated rings. The summed E-state index contributed by atoms with van der Waals surface area (Å²) < 4.78 is 12.3. The van der Waals surface area contributed by atoms with Gasteiger partial charge in [-0.15, -0.1) is 0 Å². The molecule has 0 amide bonds. The van der Waals surface area contributed by atoms with Crippen LogP contribution in [0.4, 0.5) is 28.4 Å². The van der Waals surface area contributed by atoms with Crippen LogP contribution in [0, 0.1) is 13.8 Å². The third-order valence-corrected chi connectivity index (χ3v) is 10.1. The lowest BCUT2D eigenvalue weighted by atomic mass is 9.89. The zero-order chi connectivity index (χ0) is 37.6. The van der Waals surface area contributed by atoms with E-state index in [0.717, 1.165) is 69.0 Å². The van der Waals surface area contributed by atoms with E-state index in [1.165, 1.54) is 11.1 Å². The number of para-hydroxylation sites is 2. The molecule has 0 saturated heterocycles. The first-order valence-corrected chi connectivity index (χ1v) is 18.8. The minimum absolute atomic E-state index is 0.295. The molecule has 0 bridgehead atoms. The summed E-state index contributed by atoms with van der Waals surface area (Å²) in [4.78, 5) is 4.69. The highest BCUT2D eigenvalue weighted by molar-refractivity contribution is 5.79. The van der Waals surface area contributed by atoms with E-state index in [-0.39, 0.29) is 5.54 Å². The number of ether oxygens (including phenoxy) is 2. The topological polar surface area (TPSA) is 24.9 Å². The summed E-state index contributed by atoms with van der Waals surface area (Å²) >= 11 is 0.